The summed E-state index contributed by atoms with van der Waals surface area (Å²) in [5.41, 5.74) is 0.450. The second-order valence-electron chi connectivity index (χ2n) is 5.07. The third kappa shape index (κ3) is 3.57. The average Bonchev–Trinajstić information content (AvgIpc) is 2.39. The van der Waals surface area contributed by atoms with Gasteiger partial charge in [-0.25, -0.2) is 0 Å². The van der Waals surface area contributed by atoms with Crippen molar-refractivity contribution in [1.82, 2.24) is 4.90 Å². The second-order valence-corrected chi connectivity index (χ2v) is 5.07. The first-order valence-electron chi connectivity index (χ1n) is 7.04. The van der Waals surface area contributed by atoms with Gasteiger partial charge >= 0.3 is 0 Å². The van der Waals surface area contributed by atoms with Crippen LogP contribution in [0.15, 0.2) is 24.3 Å². The molecule has 0 heterocycles. The van der Waals surface area contributed by atoms with E-state index >= 15 is 0 Å². The normalized spacial score (nSPS) is 14.4. The molecule has 0 saturated heterocycles. The standard InChI is InChI=1S/C16H25NO2/c1-5-16(4,17(6-2)7-3)15(19)12-13-9-8-10-14(18)11-13/h8-11,18H,5-7,12H2,1-4H3. The highest BCUT2D eigenvalue weighted by Gasteiger charge is 2.35. The summed E-state index contributed by atoms with van der Waals surface area (Å²) in [7, 11) is 0. The van der Waals surface area contributed by atoms with Gasteiger partial charge in [0.25, 0.3) is 0 Å². The zero-order chi connectivity index (χ0) is 14.5. The van der Waals surface area contributed by atoms with Crippen LogP contribution in [0.5, 0.6) is 5.75 Å². The number of Topliss-reactive ketones (excluding diaryl/α,β-unsaturated/α-hetero) is 1. The van der Waals surface area contributed by atoms with Crippen molar-refractivity contribution in [2.45, 2.75) is 46.1 Å². The smallest absolute Gasteiger partial charge is 0.157 e. The van der Waals surface area contributed by atoms with Crippen LogP contribution in [-0.2, 0) is 11.2 Å². The zero-order valence-electron chi connectivity index (χ0n) is 12.4. The van der Waals surface area contributed by atoms with Gasteiger partial charge in [-0.3, -0.25) is 9.69 Å². The van der Waals surface area contributed by atoms with E-state index in [9.17, 15) is 9.90 Å². The van der Waals surface area contributed by atoms with Gasteiger partial charge in [0.15, 0.2) is 5.78 Å². The van der Waals surface area contributed by atoms with Gasteiger partial charge < -0.3 is 5.11 Å². The Labute approximate surface area is 116 Å². The maximum Gasteiger partial charge on any atom is 0.157 e. The lowest BCUT2D eigenvalue weighted by Crippen LogP contribution is -2.52. The van der Waals surface area contributed by atoms with Gasteiger partial charge in [0.1, 0.15) is 5.75 Å². The topological polar surface area (TPSA) is 40.5 Å². The van der Waals surface area contributed by atoms with Crippen molar-refractivity contribution < 1.29 is 9.90 Å². The van der Waals surface area contributed by atoms with Crippen molar-refractivity contribution in [3.05, 3.63) is 29.8 Å². The maximum absolute atomic E-state index is 12.6. The lowest BCUT2D eigenvalue weighted by atomic mass is 9.87. The summed E-state index contributed by atoms with van der Waals surface area (Å²) in [6, 6.07) is 6.95. The number of phenolic OH excluding ortho intramolecular Hbond substituents is 1. The summed E-state index contributed by atoms with van der Waals surface area (Å²) in [4.78, 5) is 14.8. The van der Waals surface area contributed by atoms with E-state index in [0.717, 1.165) is 25.1 Å². The van der Waals surface area contributed by atoms with Gasteiger partial charge in [-0.15, -0.1) is 0 Å². The first kappa shape index (κ1) is 15.7. The summed E-state index contributed by atoms with van der Waals surface area (Å²) in [6.45, 7) is 9.97. The number of aromatic hydroxyl groups is 1. The maximum atomic E-state index is 12.6. The molecule has 0 amide bonds. The highest BCUT2D eigenvalue weighted by Crippen LogP contribution is 2.23. The Kier molecular flexibility index (Phi) is 5.55. The van der Waals surface area contributed by atoms with E-state index in [-0.39, 0.29) is 11.5 Å². The number of rotatable bonds is 7. The molecule has 0 radical (unpaired) electrons. The van der Waals surface area contributed by atoms with Crippen LogP contribution in [0.25, 0.3) is 0 Å². The van der Waals surface area contributed by atoms with Gasteiger partial charge in [-0.05, 0) is 44.1 Å². The van der Waals surface area contributed by atoms with Crippen LogP contribution in [-0.4, -0.2) is 34.4 Å². The number of carbonyl (C=O) groups excluding carboxylic acids is 1. The fraction of sp³-hybridized carbons (Fsp3) is 0.562. The molecule has 1 N–H and O–H groups in total. The number of nitrogens with zero attached hydrogens (tertiary/aromatic N) is 1. The zero-order valence-corrected chi connectivity index (χ0v) is 12.4. The fourth-order valence-electron chi connectivity index (χ4n) is 2.56. The average molecular weight is 263 g/mol. The van der Waals surface area contributed by atoms with Crippen LogP contribution in [0, 0.1) is 0 Å². The number of hydrogen-bond donors (Lipinski definition) is 1. The molecule has 1 rings (SSSR count). The molecular weight excluding hydrogens is 238 g/mol. The number of phenols is 1. The molecule has 1 aromatic rings. The highest BCUT2D eigenvalue weighted by atomic mass is 16.3. The Hall–Kier alpha value is -1.35. The molecule has 1 atom stereocenters. The van der Waals surface area contributed by atoms with Crippen LogP contribution in [0.2, 0.25) is 0 Å². The lowest BCUT2D eigenvalue weighted by molar-refractivity contribution is -0.129. The van der Waals surface area contributed by atoms with Crippen LogP contribution in [0.3, 0.4) is 0 Å². The third-order valence-corrected chi connectivity index (χ3v) is 4.03. The summed E-state index contributed by atoms with van der Waals surface area (Å²) >= 11 is 0. The molecule has 3 heteroatoms. The second kappa shape index (κ2) is 6.71. The van der Waals surface area contributed by atoms with E-state index in [1.54, 1.807) is 18.2 Å². The molecule has 0 fully saturated rings. The fourth-order valence-corrected chi connectivity index (χ4v) is 2.56. The molecular formula is C16H25NO2. The summed E-state index contributed by atoms with van der Waals surface area (Å²) in [5, 5.41) is 9.47. The Morgan fingerprint density at radius 2 is 1.89 bits per heavy atom. The molecule has 0 aliphatic carbocycles. The van der Waals surface area contributed by atoms with Crippen molar-refractivity contribution >= 4 is 5.78 Å². The minimum Gasteiger partial charge on any atom is -0.508 e. The number of ketones is 1. The molecule has 106 valence electrons. The van der Waals surface area contributed by atoms with Crippen molar-refractivity contribution in [3.8, 4) is 5.75 Å². The van der Waals surface area contributed by atoms with E-state index in [2.05, 4.69) is 25.7 Å². The molecule has 0 bridgehead atoms. The van der Waals surface area contributed by atoms with Gasteiger partial charge in [0.05, 0.1) is 5.54 Å². The van der Waals surface area contributed by atoms with Gasteiger partial charge in [-0.1, -0.05) is 32.9 Å². The van der Waals surface area contributed by atoms with Crippen molar-refractivity contribution in [1.29, 1.82) is 0 Å². The molecule has 19 heavy (non-hydrogen) atoms. The van der Waals surface area contributed by atoms with Crippen LogP contribution in [0.4, 0.5) is 0 Å². The minimum absolute atomic E-state index is 0.212. The molecule has 0 aliphatic rings. The van der Waals surface area contributed by atoms with Crippen LogP contribution >= 0.6 is 0 Å². The summed E-state index contributed by atoms with van der Waals surface area (Å²) < 4.78 is 0. The Morgan fingerprint density at radius 3 is 2.37 bits per heavy atom. The van der Waals surface area contributed by atoms with E-state index in [0.29, 0.717) is 6.42 Å². The number of carbonyl (C=O) groups is 1. The molecule has 1 unspecified atom stereocenters. The van der Waals surface area contributed by atoms with E-state index in [4.69, 9.17) is 0 Å². The number of hydrogen-bond acceptors (Lipinski definition) is 3. The summed E-state index contributed by atoms with van der Waals surface area (Å²) in [5.74, 6) is 0.427. The predicted octanol–water partition coefficient (Wildman–Crippen LogP) is 3.01. The first-order valence-corrected chi connectivity index (χ1v) is 7.04. The predicted molar refractivity (Wildman–Crippen MR) is 78.4 cm³/mol. The van der Waals surface area contributed by atoms with Crippen molar-refractivity contribution in [2.75, 3.05) is 13.1 Å². The highest BCUT2D eigenvalue weighted by molar-refractivity contribution is 5.89. The minimum atomic E-state index is -0.422. The quantitative estimate of drug-likeness (QED) is 0.822. The lowest BCUT2D eigenvalue weighted by Gasteiger charge is -2.38. The van der Waals surface area contributed by atoms with Crippen LogP contribution in [0.1, 0.15) is 39.7 Å². The summed E-state index contributed by atoms with van der Waals surface area (Å²) in [6.07, 6.45) is 1.17. The third-order valence-electron chi connectivity index (χ3n) is 4.03. The van der Waals surface area contributed by atoms with E-state index < -0.39 is 5.54 Å². The SMILES string of the molecule is CCN(CC)C(C)(CC)C(=O)Cc1cccc(O)c1. The Morgan fingerprint density at radius 1 is 1.26 bits per heavy atom. The number of benzene rings is 1. The molecule has 3 nitrogen and oxygen atoms in total. The first-order chi connectivity index (χ1) is 8.97. The molecule has 1 aromatic carbocycles. The largest absolute Gasteiger partial charge is 0.508 e. The van der Waals surface area contributed by atoms with Gasteiger partial charge in [-0.2, -0.15) is 0 Å². The van der Waals surface area contributed by atoms with Gasteiger partial charge in [0.2, 0.25) is 0 Å². The van der Waals surface area contributed by atoms with Crippen LogP contribution < -0.4 is 0 Å². The van der Waals surface area contributed by atoms with E-state index in [1.807, 2.05) is 13.0 Å². The monoisotopic (exact) mass is 263 g/mol. The van der Waals surface area contributed by atoms with Crippen molar-refractivity contribution in [2.24, 2.45) is 0 Å². The van der Waals surface area contributed by atoms with Gasteiger partial charge in [0, 0.05) is 6.42 Å². The Bertz CT molecular complexity index is 427. The van der Waals surface area contributed by atoms with E-state index in [1.165, 1.54) is 0 Å². The molecule has 0 aromatic heterocycles. The molecule has 0 spiro atoms. The van der Waals surface area contributed by atoms with Crippen molar-refractivity contribution in [3.63, 3.8) is 0 Å². The molecule has 0 aliphatic heterocycles. The Balaban J connectivity index is 2.90. The number of likely N-dealkylation sites (N-methyl/N-ethyl adjacent to an activating group) is 1. The molecule has 0 saturated carbocycles.